The second-order valence-electron chi connectivity index (χ2n) is 4.45. The average Bonchev–Trinajstić information content (AvgIpc) is 2.44. The number of nitrogens with zero attached hydrogens (tertiary/aromatic N) is 3. The Bertz CT molecular complexity index is 588. The Morgan fingerprint density at radius 1 is 1.47 bits per heavy atom. The van der Waals surface area contributed by atoms with E-state index in [1.165, 1.54) is 6.07 Å². The number of carbonyl (C=O) groups is 1. The Balaban J connectivity index is 2.19. The predicted octanol–water partition coefficient (Wildman–Crippen LogP) is -0.603. The number of ether oxygens (including phenoxy) is 1. The fourth-order valence-electron chi connectivity index (χ4n) is 2.50. The van der Waals surface area contributed by atoms with Gasteiger partial charge in [-0.25, -0.2) is 0 Å². The van der Waals surface area contributed by atoms with E-state index in [0.717, 1.165) is 0 Å². The first kappa shape index (κ1) is 12.4. The van der Waals surface area contributed by atoms with Crippen LogP contribution in [0.5, 0.6) is 5.75 Å². The highest BCUT2D eigenvalue weighted by Crippen LogP contribution is 2.25. The van der Waals surface area contributed by atoms with Crippen LogP contribution in [0.1, 0.15) is 10.5 Å². The van der Waals surface area contributed by atoms with Gasteiger partial charge in [-0.15, -0.1) is 0 Å². The van der Waals surface area contributed by atoms with Crippen molar-refractivity contribution in [1.29, 1.82) is 0 Å². The van der Waals surface area contributed by atoms with Gasteiger partial charge in [-0.05, 0) is 0 Å². The number of amides is 1. The number of hydrogen-bond donors (Lipinski definition) is 0. The molecule has 3 heterocycles. The SMILES string of the molecule is CN1[C@@H]2COCCN2C(=O)c2c(OP)c(=O)ccn21. The molecule has 0 radical (unpaired) electrons. The maximum absolute atomic E-state index is 12.5. The highest BCUT2D eigenvalue weighted by Gasteiger charge is 2.39. The monoisotopic (exact) mass is 283 g/mol. The molecule has 0 aliphatic carbocycles. The predicted molar refractivity (Wildman–Crippen MR) is 70.8 cm³/mol. The van der Waals surface area contributed by atoms with Crippen molar-refractivity contribution >= 4 is 15.4 Å². The Morgan fingerprint density at radius 3 is 3.00 bits per heavy atom. The standard InChI is InChI=1S/C11H14N3O4P/c1-12-8-6-17-5-4-13(8)11(16)9-10(18-19)7(15)2-3-14(9)12/h2-3,8H,4-6,19H2,1H3/t8-/m0/s1. The van der Waals surface area contributed by atoms with Gasteiger partial charge in [-0.2, -0.15) is 0 Å². The van der Waals surface area contributed by atoms with E-state index in [4.69, 9.17) is 9.26 Å². The molecule has 0 spiro atoms. The summed E-state index contributed by atoms with van der Waals surface area (Å²) in [6.07, 6.45) is 1.42. The molecule has 102 valence electrons. The van der Waals surface area contributed by atoms with Crippen LogP contribution >= 0.6 is 9.47 Å². The second kappa shape index (κ2) is 4.51. The smallest absolute Gasteiger partial charge is 0.278 e. The molecule has 1 aromatic rings. The summed E-state index contributed by atoms with van der Waals surface area (Å²) in [4.78, 5) is 26.0. The Morgan fingerprint density at radius 2 is 2.26 bits per heavy atom. The fraction of sp³-hybridized carbons (Fsp3) is 0.455. The highest BCUT2D eigenvalue weighted by atomic mass is 31.0. The summed E-state index contributed by atoms with van der Waals surface area (Å²) in [5.74, 6) is -0.157. The van der Waals surface area contributed by atoms with Crippen LogP contribution in [0.15, 0.2) is 17.1 Å². The molecule has 3 rings (SSSR count). The van der Waals surface area contributed by atoms with Gasteiger partial charge >= 0.3 is 0 Å². The summed E-state index contributed by atoms with van der Waals surface area (Å²) in [5, 5.41) is 1.86. The van der Waals surface area contributed by atoms with Crippen molar-refractivity contribution in [3.8, 4) is 5.75 Å². The molecular formula is C11H14N3O4P. The third-order valence-electron chi connectivity index (χ3n) is 3.49. The molecule has 8 heteroatoms. The molecule has 2 atom stereocenters. The van der Waals surface area contributed by atoms with Crippen LogP contribution < -0.4 is 15.0 Å². The Hall–Kier alpha value is -1.59. The van der Waals surface area contributed by atoms with Gasteiger partial charge in [0.1, 0.15) is 6.17 Å². The Labute approximate surface area is 111 Å². The summed E-state index contributed by atoms with van der Waals surface area (Å²) < 4.78 is 12.1. The third kappa shape index (κ3) is 1.73. The number of pyridine rings is 1. The number of hydrogen-bond acceptors (Lipinski definition) is 5. The molecule has 0 aromatic carbocycles. The molecule has 1 unspecified atom stereocenters. The molecule has 2 aliphatic rings. The van der Waals surface area contributed by atoms with Crippen LogP contribution in [0.2, 0.25) is 0 Å². The van der Waals surface area contributed by atoms with Gasteiger partial charge in [0.05, 0.1) is 22.7 Å². The van der Waals surface area contributed by atoms with E-state index in [1.54, 1.807) is 15.8 Å². The van der Waals surface area contributed by atoms with Gasteiger partial charge in [-0.3, -0.25) is 19.3 Å². The largest absolute Gasteiger partial charge is 0.474 e. The van der Waals surface area contributed by atoms with E-state index in [0.29, 0.717) is 19.8 Å². The van der Waals surface area contributed by atoms with E-state index in [-0.39, 0.29) is 28.9 Å². The first-order valence-electron chi connectivity index (χ1n) is 5.89. The number of morpholine rings is 1. The molecule has 0 bridgehead atoms. The first-order chi connectivity index (χ1) is 9.15. The van der Waals surface area contributed by atoms with Crippen LogP contribution in [0, 0.1) is 0 Å². The maximum atomic E-state index is 12.5. The van der Waals surface area contributed by atoms with Gasteiger partial charge < -0.3 is 14.2 Å². The van der Waals surface area contributed by atoms with Gasteiger partial charge in [-0.1, -0.05) is 0 Å². The molecule has 0 saturated carbocycles. The van der Waals surface area contributed by atoms with Crippen molar-refractivity contribution in [2.75, 3.05) is 31.8 Å². The zero-order chi connectivity index (χ0) is 13.6. The van der Waals surface area contributed by atoms with E-state index >= 15 is 0 Å². The molecule has 1 fully saturated rings. The molecule has 1 saturated heterocycles. The van der Waals surface area contributed by atoms with Crippen molar-refractivity contribution < 1.29 is 14.1 Å². The molecule has 2 aliphatic heterocycles. The van der Waals surface area contributed by atoms with Crippen LogP contribution in [0.4, 0.5) is 0 Å². The van der Waals surface area contributed by atoms with Gasteiger partial charge in [0.25, 0.3) is 5.91 Å². The van der Waals surface area contributed by atoms with Gasteiger partial charge in [0.15, 0.2) is 5.69 Å². The minimum absolute atomic E-state index is 0.0503. The summed E-state index contributed by atoms with van der Waals surface area (Å²) in [6, 6.07) is 1.38. The quantitative estimate of drug-likeness (QED) is 0.644. The number of carbonyl (C=O) groups excluding carboxylic acids is 1. The maximum Gasteiger partial charge on any atom is 0.278 e. The molecule has 1 amide bonds. The molecular weight excluding hydrogens is 269 g/mol. The molecule has 7 nitrogen and oxygen atoms in total. The van der Waals surface area contributed by atoms with Crippen LogP contribution in [0.3, 0.4) is 0 Å². The number of rotatable bonds is 1. The zero-order valence-corrected chi connectivity index (χ0v) is 11.6. The summed E-state index contributed by atoms with van der Waals surface area (Å²) in [7, 11) is 3.87. The lowest BCUT2D eigenvalue weighted by atomic mass is 10.2. The Kier molecular flexibility index (Phi) is 2.95. The van der Waals surface area contributed by atoms with Crippen molar-refractivity contribution in [2.24, 2.45) is 0 Å². The fourth-order valence-corrected chi connectivity index (χ4v) is 2.73. The van der Waals surface area contributed by atoms with Crippen molar-refractivity contribution in [3.05, 3.63) is 28.2 Å². The highest BCUT2D eigenvalue weighted by molar-refractivity contribution is 7.10. The van der Waals surface area contributed by atoms with E-state index in [2.05, 4.69) is 0 Å². The summed E-state index contributed by atoms with van der Waals surface area (Å²) in [6.45, 7) is 1.46. The second-order valence-corrected chi connectivity index (χ2v) is 4.68. The van der Waals surface area contributed by atoms with Crippen molar-refractivity contribution in [3.63, 3.8) is 0 Å². The van der Waals surface area contributed by atoms with Crippen molar-refractivity contribution in [1.82, 2.24) is 9.58 Å². The van der Waals surface area contributed by atoms with Gasteiger partial charge in [0.2, 0.25) is 11.2 Å². The topological polar surface area (TPSA) is 64.0 Å². The summed E-state index contributed by atoms with van der Waals surface area (Å²) in [5.41, 5.74) is -0.0575. The minimum atomic E-state index is -0.310. The van der Waals surface area contributed by atoms with Gasteiger partial charge in [0, 0.05) is 25.9 Å². The lowest BCUT2D eigenvalue weighted by molar-refractivity contribution is -0.0147. The van der Waals surface area contributed by atoms with E-state index in [1.807, 2.05) is 21.5 Å². The molecule has 19 heavy (non-hydrogen) atoms. The number of aromatic nitrogens is 1. The van der Waals surface area contributed by atoms with E-state index < -0.39 is 0 Å². The van der Waals surface area contributed by atoms with E-state index in [9.17, 15) is 9.59 Å². The summed E-state index contributed by atoms with van der Waals surface area (Å²) >= 11 is 0. The number of fused-ring (bicyclic) bond motifs is 2. The average molecular weight is 283 g/mol. The normalized spacial score (nSPS) is 22.0. The number of likely N-dealkylation sites (N-methyl/N-ethyl adjacent to an activating group) is 1. The first-order valence-corrected chi connectivity index (χ1v) is 6.36. The van der Waals surface area contributed by atoms with Crippen LogP contribution in [-0.4, -0.2) is 48.5 Å². The lowest BCUT2D eigenvalue weighted by Gasteiger charge is -2.46. The van der Waals surface area contributed by atoms with Crippen LogP contribution in [0.25, 0.3) is 0 Å². The molecule has 0 N–H and O–H groups in total. The minimum Gasteiger partial charge on any atom is -0.474 e. The van der Waals surface area contributed by atoms with Crippen LogP contribution in [-0.2, 0) is 4.74 Å². The van der Waals surface area contributed by atoms with Crippen molar-refractivity contribution in [2.45, 2.75) is 6.17 Å². The molecule has 1 aromatic heterocycles. The lowest BCUT2D eigenvalue weighted by Crippen LogP contribution is -2.64. The zero-order valence-electron chi connectivity index (χ0n) is 10.4. The third-order valence-corrected chi connectivity index (χ3v) is 3.73.